The summed E-state index contributed by atoms with van der Waals surface area (Å²) in [6.45, 7) is 3.18. The van der Waals surface area contributed by atoms with Crippen LogP contribution >= 0.6 is 11.8 Å². The Morgan fingerprint density at radius 1 is 1.00 bits per heavy atom. The number of ether oxygens (including phenoxy) is 2. The smallest absolute Gasteiger partial charge is 0.241 e. The number of aromatic amines is 1. The zero-order valence-corrected chi connectivity index (χ0v) is 29.9. The second-order valence-corrected chi connectivity index (χ2v) is 14.1. The van der Waals surface area contributed by atoms with Crippen molar-refractivity contribution >= 4 is 45.7 Å². The summed E-state index contributed by atoms with van der Waals surface area (Å²) in [7, 11) is 1.56. The van der Waals surface area contributed by atoms with Crippen LogP contribution < -0.4 is 10.1 Å². The summed E-state index contributed by atoms with van der Waals surface area (Å²) in [4.78, 5) is 39.8. The van der Waals surface area contributed by atoms with Crippen molar-refractivity contribution in [3.05, 3.63) is 96.6 Å². The van der Waals surface area contributed by atoms with Crippen molar-refractivity contribution in [3.63, 3.8) is 0 Å². The second kappa shape index (κ2) is 15.6. The van der Waals surface area contributed by atoms with Crippen molar-refractivity contribution in [2.24, 2.45) is 0 Å². The fourth-order valence-corrected chi connectivity index (χ4v) is 7.57. The number of hydrogen-bond acceptors (Lipinski definition) is 9. The molecular formula is C39H40FN7O4S. The molecule has 1 atom stereocenters. The minimum Gasteiger partial charge on any atom is -0.488 e. The van der Waals surface area contributed by atoms with Gasteiger partial charge in [0.15, 0.2) is 17.4 Å². The van der Waals surface area contributed by atoms with Gasteiger partial charge in [-0.1, -0.05) is 30.3 Å². The highest BCUT2D eigenvalue weighted by Crippen LogP contribution is 2.36. The fraction of sp³-hybridized carbons (Fsp3) is 0.308. The molecule has 2 N–H and O–H groups in total. The molecule has 1 fully saturated rings. The SMILES string of the molecule is COCCOc1ccc(-c2n[nH]c3ccc(NC(=O)[C@]4(SC)CCN(CC(=O)N5CC=C(c6ccc(-c7ncccn7)cc6)CC5)C4)cc23)cc1F. The topological polar surface area (TPSA) is 126 Å². The average molecular weight is 722 g/mol. The van der Waals surface area contributed by atoms with Crippen molar-refractivity contribution in [3.8, 4) is 28.4 Å². The molecule has 0 bridgehead atoms. The highest BCUT2D eigenvalue weighted by atomic mass is 32.2. The molecular weight excluding hydrogens is 682 g/mol. The van der Waals surface area contributed by atoms with Gasteiger partial charge in [0.1, 0.15) is 17.0 Å². The van der Waals surface area contributed by atoms with Crippen LogP contribution in [0.3, 0.4) is 0 Å². The average Bonchev–Trinajstić information content (AvgIpc) is 3.81. The summed E-state index contributed by atoms with van der Waals surface area (Å²) in [5.74, 6) is 0.290. The third-order valence-electron chi connectivity index (χ3n) is 9.69. The van der Waals surface area contributed by atoms with Crippen molar-refractivity contribution < 1.29 is 23.5 Å². The first-order chi connectivity index (χ1) is 25.4. The Labute approximate surface area is 305 Å². The van der Waals surface area contributed by atoms with E-state index in [0.717, 1.165) is 28.5 Å². The number of carbonyl (C=O) groups excluding carboxylic acids is 2. The molecule has 2 amide bonds. The highest BCUT2D eigenvalue weighted by Gasteiger charge is 2.44. The number of likely N-dealkylation sites (tertiary alicyclic amines) is 1. The Balaban J connectivity index is 0.957. The van der Waals surface area contributed by atoms with Gasteiger partial charge in [0.2, 0.25) is 11.8 Å². The quantitative estimate of drug-likeness (QED) is 0.151. The van der Waals surface area contributed by atoms with Gasteiger partial charge in [-0.05, 0) is 72.7 Å². The summed E-state index contributed by atoms with van der Waals surface area (Å²) >= 11 is 1.51. The van der Waals surface area contributed by atoms with Crippen LogP contribution in [0.5, 0.6) is 5.75 Å². The van der Waals surface area contributed by atoms with E-state index in [-0.39, 0.29) is 30.7 Å². The van der Waals surface area contributed by atoms with Gasteiger partial charge in [-0.25, -0.2) is 14.4 Å². The van der Waals surface area contributed by atoms with Gasteiger partial charge in [-0.2, -0.15) is 5.10 Å². The first kappa shape index (κ1) is 35.3. The number of hydrogen-bond donors (Lipinski definition) is 2. The van der Waals surface area contributed by atoms with Crippen molar-refractivity contribution in [2.45, 2.75) is 17.6 Å². The number of benzene rings is 3. The lowest BCUT2D eigenvalue weighted by Gasteiger charge is -2.29. The molecule has 2 aromatic heterocycles. The number of aromatic nitrogens is 4. The van der Waals surface area contributed by atoms with Crippen LogP contribution in [0, 0.1) is 5.82 Å². The molecule has 2 aliphatic heterocycles. The number of anilines is 1. The van der Waals surface area contributed by atoms with Gasteiger partial charge >= 0.3 is 0 Å². The lowest BCUT2D eigenvalue weighted by molar-refractivity contribution is -0.132. The number of rotatable bonds is 12. The van der Waals surface area contributed by atoms with E-state index in [9.17, 15) is 14.0 Å². The Morgan fingerprint density at radius 3 is 2.52 bits per heavy atom. The van der Waals surface area contributed by atoms with E-state index in [1.165, 1.54) is 23.4 Å². The maximum Gasteiger partial charge on any atom is 0.241 e. The molecule has 52 heavy (non-hydrogen) atoms. The van der Waals surface area contributed by atoms with Gasteiger partial charge in [-0.3, -0.25) is 19.6 Å². The number of amides is 2. The van der Waals surface area contributed by atoms with Gasteiger partial charge < -0.3 is 19.7 Å². The zero-order valence-electron chi connectivity index (χ0n) is 29.1. The van der Waals surface area contributed by atoms with Crippen LogP contribution in [-0.4, -0.2) is 106 Å². The molecule has 0 unspecified atom stereocenters. The number of fused-ring (bicyclic) bond motifs is 1. The number of halogens is 1. The van der Waals surface area contributed by atoms with E-state index in [1.54, 1.807) is 37.7 Å². The summed E-state index contributed by atoms with van der Waals surface area (Å²) in [6, 6.07) is 20.3. The normalized spacial score (nSPS) is 17.7. The minimum absolute atomic E-state index is 0.0631. The largest absolute Gasteiger partial charge is 0.488 e. The molecule has 3 aromatic carbocycles. The van der Waals surface area contributed by atoms with Crippen LogP contribution in [0.1, 0.15) is 18.4 Å². The Kier molecular flexibility index (Phi) is 10.6. The summed E-state index contributed by atoms with van der Waals surface area (Å²) in [5.41, 5.74) is 5.84. The monoisotopic (exact) mass is 721 g/mol. The molecule has 4 heterocycles. The summed E-state index contributed by atoms with van der Waals surface area (Å²) in [5, 5.41) is 11.3. The minimum atomic E-state index is -0.706. The van der Waals surface area contributed by atoms with Crippen molar-refractivity contribution in [2.75, 3.05) is 64.6 Å². The molecule has 2 aliphatic rings. The van der Waals surface area contributed by atoms with E-state index in [2.05, 4.69) is 48.6 Å². The molecule has 1 saturated heterocycles. The number of nitrogens with zero attached hydrogens (tertiary/aromatic N) is 5. The highest BCUT2D eigenvalue weighted by molar-refractivity contribution is 8.00. The zero-order chi connectivity index (χ0) is 36.1. The Bertz CT molecular complexity index is 2090. The molecule has 268 valence electrons. The van der Waals surface area contributed by atoms with Crippen LogP contribution in [-0.2, 0) is 14.3 Å². The first-order valence-electron chi connectivity index (χ1n) is 17.2. The van der Waals surface area contributed by atoms with E-state index in [1.807, 2.05) is 41.5 Å². The maximum atomic E-state index is 14.8. The van der Waals surface area contributed by atoms with Crippen LogP contribution in [0.25, 0.3) is 39.1 Å². The van der Waals surface area contributed by atoms with E-state index >= 15 is 0 Å². The predicted molar refractivity (Wildman–Crippen MR) is 201 cm³/mol. The van der Waals surface area contributed by atoms with Crippen molar-refractivity contribution in [1.29, 1.82) is 0 Å². The van der Waals surface area contributed by atoms with E-state index in [4.69, 9.17) is 9.47 Å². The van der Waals surface area contributed by atoms with Crippen LogP contribution in [0.4, 0.5) is 10.1 Å². The maximum absolute atomic E-state index is 14.8. The van der Waals surface area contributed by atoms with E-state index in [0.29, 0.717) is 62.0 Å². The Morgan fingerprint density at radius 2 is 1.79 bits per heavy atom. The molecule has 13 heteroatoms. The van der Waals surface area contributed by atoms with Gasteiger partial charge in [0.05, 0.1) is 18.7 Å². The summed E-state index contributed by atoms with van der Waals surface area (Å²) < 4.78 is 24.6. The van der Waals surface area contributed by atoms with Crippen LogP contribution in [0.2, 0.25) is 0 Å². The third-order valence-corrected chi connectivity index (χ3v) is 11.0. The fourth-order valence-electron chi connectivity index (χ4n) is 6.73. The lowest BCUT2D eigenvalue weighted by Crippen LogP contribution is -2.45. The molecule has 0 aliphatic carbocycles. The summed E-state index contributed by atoms with van der Waals surface area (Å²) in [6.07, 6.45) is 8.94. The molecule has 0 radical (unpaired) electrons. The molecule has 0 spiro atoms. The van der Waals surface area contributed by atoms with Gasteiger partial charge in [-0.15, -0.1) is 11.8 Å². The second-order valence-electron chi connectivity index (χ2n) is 12.9. The molecule has 7 rings (SSSR count). The molecule has 0 saturated carbocycles. The van der Waals surface area contributed by atoms with Crippen LogP contribution in [0.15, 0.2) is 85.2 Å². The lowest BCUT2D eigenvalue weighted by atomic mass is 9.98. The van der Waals surface area contributed by atoms with Gasteiger partial charge in [0, 0.05) is 67.9 Å². The third kappa shape index (κ3) is 7.57. The van der Waals surface area contributed by atoms with E-state index < -0.39 is 10.6 Å². The molecule has 11 nitrogen and oxygen atoms in total. The number of H-pyrrole nitrogens is 1. The molecule has 5 aromatic rings. The standard InChI is InChI=1S/C39H40FN7O4S/c1-50-20-21-51-34-11-8-29(22-32(34)40)36-31-23-30(9-10-33(31)44-45-36)43-38(49)39(52-2)14-19-46(25-39)24-35(48)47-17-12-27(13-18-47)26-4-6-28(7-5-26)37-41-15-3-16-42-37/h3-12,15-16,22-23H,13-14,17-21,24-25H2,1-2H3,(H,43,49)(H,44,45)/t39-/m0/s1. The Hall–Kier alpha value is -5.11. The predicted octanol–water partition coefficient (Wildman–Crippen LogP) is 5.91. The van der Waals surface area contributed by atoms with Gasteiger partial charge in [0.25, 0.3) is 0 Å². The first-order valence-corrected chi connectivity index (χ1v) is 18.4. The number of nitrogens with one attached hydrogen (secondary N) is 2. The number of carbonyl (C=O) groups is 2. The number of thioether (sulfide) groups is 1. The number of methoxy groups -OCH3 is 1. The van der Waals surface area contributed by atoms with Crippen molar-refractivity contribution in [1.82, 2.24) is 30.0 Å².